The number of anilines is 2. The van der Waals surface area contributed by atoms with Gasteiger partial charge in [0, 0.05) is 48.2 Å². The summed E-state index contributed by atoms with van der Waals surface area (Å²) in [6.45, 7) is 7.06. The Kier molecular flexibility index (Phi) is 11.6. The molecule has 0 saturated carbocycles. The number of fused-ring (bicyclic) bond motifs is 2. The quantitative estimate of drug-likeness (QED) is 0.0930. The molecule has 1 amide bonds. The van der Waals surface area contributed by atoms with E-state index in [1.807, 2.05) is 47.4 Å². The van der Waals surface area contributed by atoms with Gasteiger partial charge in [-0.05, 0) is 86.2 Å². The number of nitrogens with zero attached hydrogens (tertiary/aromatic N) is 4. The third kappa shape index (κ3) is 8.85. The molecule has 13 heteroatoms. The molecule has 4 heterocycles. The van der Waals surface area contributed by atoms with Crippen molar-refractivity contribution >= 4 is 55.0 Å². The molecule has 0 unspecified atom stereocenters. The van der Waals surface area contributed by atoms with Crippen molar-refractivity contribution in [2.45, 2.75) is 51.6 Å². The second kappa shape index (κ2) is 16.9. The normalized spacial score (nSPS) is 14.8. The van der Waals surface area contributed by atoms with E-state index in [2.05, 4.69) is 44.3 Å². The first-order valence-electron chi connectivity index (χ1n) is 18.0. The molecule has 1 saturated heterocycles. The molecule has 7 rings (SSSR count). The fraction of sp³-hybridized carbons (Fsp3) is 0.350. The lowest BCUT2D eigenvalue weighted by molar-refractivity contribution is 0.0690. The number of thiazole rings is 2. The molecule has 0 aliphatic carbocycles. The molecule has 5 aromatic rings. The van der Waals surface area contributed by atoms with Crippen molar-refractivity contribution in [2.24, 2.45) is 0 Å². The molecule has 2 aromatic heterocycles. The van der Waals surface area contributed by atoms with E-state index >= 15 is 0 Å². The van der Waals surface area contributed by atoms with Crippen molar-refractivity contribution in [3.63, 3.8) is 0 Å². The molecule has 3 aromatic carbocycles. The molecule has 0 spiro atoms. The summed E-state index contributed by atoms with van der Waals surface area (Å²) >= 11 is 2.76. The number of ether oxygens (including phenoxy) is 1. The largest absolute Gasteiger partial charge is 0.491 e. The van der Waals surface area contributed by atoms with Crippen molar-refractivity contribution < 1.29 is 23.8 Å². The Morgan fingerprint density at radius 3 is 2.70 bits per heavy atom. The number of rotatable bonds is 12. The Morgan fingerprint density at radius 2 is 1.91 bits per heavy atom. The zero-order valence-corrected chi connectivity index (χ0v) is 31.1. The number of halogens is 1. The first-order chi connectivity index (χ1) is 25.8. The number of likely N-dealkylation sites (tertiary alicyclic amines) is 1. The summed E-state index contributed by atoms with van der Waals surface area (Å²) in [5, 5.41) is 17.6. The minimum absolute atomic E-state index is 0.00812. The highest BCUT2D eigenvalue weighted by molar-refractivity contribution is 7.22. The Morgan fingerprint density at radius 1 is 1.06 bits per heavy atom. The molecule has 10 nitrogen and oxygen atoms in total. The Balaban J connectivity index is 0.938. The lowest BCUT2D eigenvalue weighted by Gasteiger charge is -2.30. The maximum Gasteiger partial charge on any atom is 0.355 e. The number of nitrogens with one attached hydrogen (secondary N) is 2. The van der Waals surface area contributed by atoms with Crippen molar-refractivity contribution in [3.05, 3.63) is 99.3 Å². The van der Waals surface area contributed by atoms with Crippen LogP contribution in [0.25, 0.3) is 10.2 Å². The summed E-state index contributed by atoms with van der Waals surface area (Å²) in [5.41, 5.74) is 3.96. The molecule has 2 aliphatic rings. The first kappa shape index (κ1) is 36.5. The molecule has 53 heavy (non-hydrogen) atoms. The number of piperidine rings is 1. The third-order valence-corrected chi connectivity index (χ3v) is 11.7. The van der Waals surface area contributed by atoms with Gasteiger partial charge < -0.3 is 20.1 Å². The van der Waals surface area contributed by atoms with Crippen molar-refractivity contribution in [1.29, 1.82) is 0 Å². The van der Waals surface area contributed by atoms with Crippen molar-refractivity contribution in [2.75, 3.05) is 49.5 Å². The molecular weight excluding hydrogens is 712 g/mol. The smallest absolute Gasteiger partial charge is 0.355 e. The number of hydrogen-bond donors (Lipinski definition) is 3. The number of aromatic nitrogens is 2. The predicted octanol–water partition coefficient (Wildman–Crippen LogP) is 6.84. The molecular formula is C40H41FN6O4S2. The maximum absolute atomic E-state index is 14.9. The number of amides is 1. The molecule has 274 valence electrons. The zero-order valence-electron chi connectivity index (χ0n) is 29.5. The van der Waals surface area contributed by atoms with Gasteiger partial charge in [-0.25, -0.2) is 19.2 Å². The van der Waals surface area contributed by atoms with Crippen LogP contribution in [0.2, 0.25) is 0 Å². The third-order valence-electron chi connectivity index (χ3n) is 9.54. The molecule has 0 radical (unpaired) electrons. The number of carbonyl (C=O) groups is 2. The van der Waals surface area contributed by atoms with Gasteiger partial charge in [0.25, 0.3) is 5.91 Å². The Bertz CT molecular complexity index is 2130. The number of aryl methyl sites for hydroxylation is 1. The fourth-order valence-corrected chi connectivity index (χ4v) is 8.79. The minimum Gasteiger partial charge on any atom is -0.491 e. The standard InChI is InChI=1S/C40H41FN6O4S2/c1-2-42-28-17-20-46(21-18-28)19-6-8-26-14-15-33(31(41)24-26)51-23-7-13-35-36(38(49)50)44-40(53-35)47-22-16-27-9-5-10-29(30(27)25-47)37(48)45-39-43-32-11-3-4-12-34(32)52-39/h3-5,9-12,14-15,24,28,42H,2,7,13,16-23,25H2,1H3,(H,49,50)(H,43,45,48). The lowest BCUT2D eigenvalue weighted by atomic mass is 9.94. The maximum atomic E-state index is 14.9. The lowest BCUT2D eigenvalue weighted by Crippen LogP contribution is -2.42. The van der Waals surface area contributed by atoms with Crippen molar-refractivity contribution in [1.82, 2.24) is 20.2 Å². The highest BCUT2D eigenvalue weighted by Crippen LogP contribution is 2.33. The number of aromatic carboxylic acids is 1. The number of carbonyl (C=O) groups excluding carboxylic acids is 1. The average Bonchev–Trinajstić information content (AvgIpc) is 3.79. The zero-order chi connectivity index (χ0) is 36.7. The highest BCUT2D eigenvalue weighted by atomic mass is 32.1. The second-order valence-corrected chi connectivity index (χ2v) is 15.2. The van der Waals surface area contributed by atoms with Gasteiger partial charge in [-0.15, -0.1) is 11.3 Å². The van der Waals surface area contributed by atoms with Crippen LogP contribution in [0, 0.1) is 17.7 Å². The van der Waals surface area contributed by atoms with E-state index in [4.69, 9.17) is 4.74 Å². The van der Waals surface area contributed by atoms with E-state index in [1.165, 1.54) is 28.7 Å². The van der Waals surface area contributed by atoms with Crippen LogP contribution in [0.5, 0.6) is 5.75 Å². The Labute approximate surface area is 316 Å². The van der Waals surface area contributed by atoms with Gasteiger partial charge in [-0.3, -0.25) is 15.0 Å². The minimum atomic E-state index is -1.10. The van der Waals surface area contributed by atoms with Crippen LogP contribution in [0.3, 0.4) is 0 Å². The summed E-state index contributed by atoms with van der Waals surface area (Å²) in [7, 11) is 0. The molecule has 0 bridgehead atoms. The van der Waals surface area contributed by atoms with Gasteiger partial charge in [-0.2, -0.15) is 0 Å². The van der Waals surface area contributed by atoms with E-state index in [1.54, 1.807) is 12.1 Å². The Hall–Kier alpha value is -4.87. The first-order valence-corrected chi connectivity index (χ1v) is 19.6. The molecule has 2 aliphatic heterocycles. The van der Waals surface area contributed by atoms with Crippen LogP contribution in [-0.2, 0) is 19.4 Å². The van der Waals surface area contributed by atoms with Gasteiger partial charge in [0.2, 0.25) is 0 Å². The monoisotopic (exact) mass is 752 g/mol. The molecule has 1 fully saturated rings. The van der Waals surface area contributed by atoms with Crippen LogP contribution in [0.1, 0.15) is 68.6 Å². The topological polar surface area (TPSA) is 120 Å². The van der Waals surface area contributed by atoms with Crippen LogP contribution in [0.15, 0.2) is 60.7 Å². The van der Waals surface area contributed by atoms with Crippen LogP contribution in [0.4, 0.5) is 14.7 Å². The van der Waals surface area contributed by atoms with Gasteiger partial charge >= 0.3 is 5.97 Å². The van der Waals surface area contributed by atoms with Gasteiger partial charge in [0.15, 0.2) is 27.5 Å². The summed E-state index contributed by atoms with van der Waals surface area (Å²) in [4.78, 5) is 39.7. The second-order valence-electron chi connectivity index (χ2n) is 13.1. The number of hydrogen-bond acceptors (Lipinski definition) is 10. The molecule has 0 atom stereocenters. The number of para-hydroxylation sites is 1. The molecule has 3 N–H and O–H groups in total. The van der Waals surface area contributed by atoms with E-state index in [0.717, 1.165) is 53.8 Å². The summed E-state index contributed by atoms with van der Waals surface area (Å²) in [6.07, 6.45) is 3.80. The summed E-state index contributed by atoms with van der Waals surface area (Å²) in [6, 6.07) is 18.8. The SMILES string of the molecule is CCNC1CCN(CC#Cc2ccc(OCCCc3sc(N4CCc5cccc(C(=O)Nc6nc7ccccc7s6)c5C4)nc3C(=O)O)c(F)c2)CC1. The predicted molar refractivity (Wildman–Crippen MR) is 208 cm³/mol. The summed E-state index contributed by atoms with van der Waals surface area (Å²) < 4.78 is 21.6. The van der Waals surface area contributed by atoms with Crippen molar-refractivity contribution in [3.8, 4) is 17.6 Å². The van der Waals surface area contributed by atoms with E-state index in [-0.39, 0.29) is 24.0 Å². The van der Waals surface area contributed by atoms with Gasteiger partial charge in [0.05, 0.1) is 23.4 Å². The van der Waals surface area contributed by atoms with E-state index in [9.17, 15) is 19.1 Å². The number of carboxylic acid groups (broad SMARTS) is 1. The van der Waals surface area contributed by atoms with Gasteiger partial charge in [0.1, 0.15) is 0 Å². The fourth-order valence-electron chi connectivity index (χ4n) is 6.81. The van der Waals surface area contributed by atoms with Crippen LogP contribution >= 0.6 is 22.7 Å². The number of benzene rings is 3. The van der Waals surface area contributed by atoms with Gasteiger partial charge in [-0.1, -0.05) is 54.4 Å². The highest BCUT2D eigenvalue weighted by Gasteiger charge is 2.27. The summed E-state index contributed by atoms with van der Waals surface area (Å²) in [5.74, 6) is 4.57. The van der Waals surface area contributed by atoms with Crippen LogP contribution < -0.4 is 20.3 Å². The van der Waals surface area contributed by atoms with E-state index in [0.29, 0.717) is 71.2 Å². The average molecular weight is 753 g/mol. The van der Waals surface area contributed by atoms with E-state index < -0.39 is 11.8 Å². The van der Waals surface area contributed by atoms with Crippen LogP contribution in [-0.4, -0.2) is 77.2 Å². The number of carboxylic acids is 1.